The zero-order valence-electron chi connectivity index (χ0n) is 12.3. The van der Waals surface area contributed by atoms with Crippen molar-refractivity contribution in [3.05, 3.63) is 45.9 Å². The number of nitrogens with two attached hydrogens (primary N) is 1. The minimum absolute atomic E-state index is 0.531. The number of hydrogen-bond donors (Lipinski definition) is 3. The van der Waals surface area contributed by atoms with E-state index < -0.39 is 0 Å². The second-order valence-corrected chi connectivity index (χ2v) is 6.26. The molecule has 120 valence electrons. The Morgan fingerprint density at radius 3 is 2.59 bits per heavy atom. The van der Waals surface area contributed by atoms with Crippen LogP contribution in [-0.4, -0.2) is 12.8 Å². The Kier molecular flexibility index (Phi) is 9.12. The SMILES string of the molecule is CCNSc1ccc(N)c(Oc2ccc(Br)cc2Cl)c1.CS. The second-order valence-electron chi connectivity index (χ2n) is 3.98. The molecule has 0 aliphatic carbocycles. The first-order valence-corrected chi connectivity index (χ1v) is 9.35. The van der Waals surface area contributed by atoms with Crippen molar-refractivity contribution in [2.24, 2.45) is 0 Å². The van der Waals surface area contributed by atoms with Gasteiger partial charge in [0.25, 0.3) is 0 Å². The molecule has 0 unspecified atom stereocenters. The number of hydrogen-bond acceptors (Lipinski definition) is 5. The summed E-state index contributed by atoms with van der Waals surface area (Å²) in [5.74, 6) is 1.17. The highest BCUT2D eigenvalue weighted by Crippen LogP contribution is 2.35. The molecular formula is C15H18BrClN2OS2. The van der Waals surface area contributed by atoms with Gasteiger partial charge in [-0.1, -0.05) is 34.5 Å². The minimum Gasteiger partial charge on any atom is -0.454 e. The van der Waals surface area contributed by atoms with Gasteiger partial charge in [-0.15, -0.1) is 0 Å². The van der Waals surface area contributed by atoms with E-state index in [1.54, 1.807) is 18.4 Å². The predicted molar refractivity (Wildman–Crippen MR) is 105 cm³/mol. The van der Waals surface area contributed by atoms with Crippen molar-refractivity contribution in [2.75, 3.05) is 18.5 Å². The van der Waals surface area contributed by atoms with Gasteiger partial charge in [-0.25, -0.2) is 0 Å². The van der Waals surface area contributed by atoms with Gasteiger partial charge >= 0.3 is 0 Å². The molecular weight excluding hydrogens is 404 g/mol. The molecule has 0 aliphatic rings. The lowest BCUT2D eigenvalue weighted by Gasteiger charge is -2.11. The molecule has 22 heavy (non-hydrogen) atoms. The zero-order valence-corrected chi connectivity index (χ0v) is 16.3. The fourth-order valence-corrected chi connectivity index (χ4v) is 2.82. The Bertz CT molecular complexity index is 614. The normalized spacial score (nSPS) is 9.86. The van der Waals surface area contributed by atoms with Crippen LogP contribution in [0.3, 0.4) is 0 Å². The third kappa shape index (κ3) is 5.93. The van der Waals surface area contributed by atoms with E-state index in [0.29, 0.717) is 22.2 Å². The van der Waals surface area contributed by atoms with Gasteiger partial charge in [-0.05, 0) is 54.6 Å². The van der Waals surface area contributed by atoms with E-state index in [1.165, 1.54) is 11.9 Å². The van der Waals surface area contributed by atoms with E-state index in [0.717, 1.165) is 15.9 Å². The van der Waals surface area contributed by atoms with Gasteiger partial charge in [-0.3, -0.25) is 4.72 Å². The average molecular weight is 422 g/mol. The van der Waals surface area contributed by atoms with Crippen molar-refractivity contribution >= 4 is 57.8 Å². The number of nitrogen functional groups attached to an aromatic ring is 1. The number of thiol groups is 1. The van der Waals surface area contributed by atoms with Crippen LogP contribution >= 0.6 is 52.1 Å². The monoisotopic (exact) mass is 420 g/mol. The van der Waals surface area contributed by atoms with E-state index in [-0.39, 0.29) is 0 Å². The van der Waals surface area contributed by atoms with Crippen LogP contribution in [0.4, 0.5) is 5.69 Å². The number of rotatable bonds is 5. The second kappa shape index (κ2) is 10.3. The maximum atomic E-state index is 6.14. The Morgan fingerprint density at radius 2 is 1.95 bits per heavy atom. The molecule has 3 nitrogen and oxygen atoms in total. The van der Waals surface area contributed by atoms with E-state index in [9.17, 15) is 0 Å². The highest BCUT2D eigenvalue weighted by molar-refractivity contribution is 9.10. The van der Waals surface area contributed by atoms with Crippen LogP contribution in [0.5, 0.6) is 11.5 Å². The summed E-state index contributed by atoms with van der Waals surface area (Å²) in [6.45, 7) is 2.92. The van der Waals surface area contributed by atoms with E-state index >= 15 is 0 Å². The quantitative estimate of drug-likeness (QED) is 0.332. The third-order valence-electron chi connectivity index (χ3n) is 2.43. The molecule has 0 saturated heterocycles. The van der Waals surface area contributed by atoms with E-state index in [4.69, 9.17) is 22.1 Å². The summed E-state index contributed by atoms with van der Waals surface area (Å²) in [6.07, 6.45) is 1.69. The van der Waals surface area contributed by atoms with Crippen molar-refractivity contribution in [2.45, 2.75) is 11.8 Å². The Balaban J connectivity index is 0.00000116. The summed E-state index contributed by atoms with van der Waals surface area (Å²) in [6, 6.07) is 11.1. The molecule has 0 bridgehead atoms. The average Bonchev–Trinajstić information content (AvgIpc) is 2.52. The number of benzene rings is 2. The van der Waals surface area contributed by atoms with Crippen LogP contribution in [0, 0.1) is 0 Å². The molecule has 2 rings (SSSR count). The van der Waals surface area contributed by atoms with Crippen LogP contribution in [0.2, 0.25) is 5.02 Å². The van der Waals surface area contributed by atoms with Crippen molar-refractivity contribution in [3.8, 4) is 11.5 Å². The van der Waals surface area contributed by atoms with Gasteiger partial charge in [0.05, 0.1) is 10.7 Å². The highest BCUT2D eigenvalue weighted by Gasteiger charge is 2.08. The van der Waals surface area contributed by atoms with E-state index in [1.807, 2.05) is 31.2 Å². The minimum atomic E-state index is 0.531. The number of halogens is 2. The summed E-state index contributed by atoms with van der Waals surface area (Å²) in [4.78, 5) is 1.03. The van der Waals surface area contributed by atoms with Crippen LogP contribution in [-0.2, 0) is 0 Å². The molecule has 2 aromatic rings. The van der Waals surface area contributed by atoms with Crippen LogP contribution in [0.25, 0.3) is 0 Å². The first-order valence-electron chi connectivity index (χ1n) is 6.47. The molecule has 0 aliphatic heterocycles. The highest BCUT2D eigenvalue weighted by atomic mass is 79.9. The number of nitrogens with one attached hydrogen (secondary N) is 1. The summed E-state index contributed by atoms with van der Waals surface area (Å²) >= 11 is 14.6. The summed E-state index contributed by atoms with van der Waals surface area (Å²) < 4.78 is 9.88. The molecule has 0 atom stereocenters. The van der Waals surface area contributed by atoms with Crippen molar-refractivity contribution in [1.29, 1.82) is 0 Å². The summed E-state index contributed by atoms with van der Waals surface area (Å²) in [5.41, 5.74) is 6.51. The van der Waals surface area contributed by atoms with Crippen LogP contribution < -0.4 is 15.2 Å². The molecule has 0 spiro atoms. The molecule has 2 aromatic carbocycles. The van der Waals surface area contributed by atoms with Crippen molar-refractivity contribution < 1.29 is 4.74 Å². The van der Waals surface area contributed by atoms with Gasteiger partial charge in [-0.2, -0.15) is 12.6 Å². The molecule has 0 fully saturated rings. The Hall–Kier alpha value is -0.530. The maximum absolute atomic E-state index is 6.14. The lowest BCUT2D eigenvalue weighted by molar-refractivity contribution is 0.484. The van der Waals surface area contributed by atoms with Crippen LogP contribution in [0.1, 0.15) is 6.92 Å². The van der Waals surface area contributed by atoms with Crippen molar-refractivity contribution in [3.63, 3.8) is 0 Å². The third-order valence-corrected chi connectivity index (χ3v) is 4.14. The lowest BCUT2D eigenvalue weighted by Crippen LogP contribution is -2.00. The van der Waals surface area contributed by atoms with Gasteiger partial charge in [0.2, 0.25) is 0 Å². The Morgan fingerprint density at radius 1 is 1.23 bits per heavy atom. The molecule has 3 N–H and O–H groups in total. The van der Waals surface area contributed by atoms with E-state index in [2.05, 4.69) is 33.3 Å². The zero-order chi connectivity index (χ0) is 16.5. The van der Waals surface area contributed by atoms with Gasteiger partial charge in [0, 0.05) is 15.9 Å². The van der Waals surface area contributed by atoms with Gasteiger partial charge < -0.3 is 10.5 Å². The first kappa shape index (κ1) is 19.5. The molecule has 0 amide bonds. The Labute approximate surface area is 154 Å². The molecule has 0 radical (unpaired) electrons. The largest absolute Gasteiger partial charge is 0.454 e. The molecule has 7 heteroatoms. The smallest absolute Gasteiger partial charge is 0.151 e. The number of anilines is 1. The molecule has 0 heterocycles. The standard InChI is InChI=1S/C14H14BrClN2OS.CH4S/c1-2-18-20-10-4-5-12(17)14(8-10)19-13-6-3-9(15)7-11(13)16;1-2/h3-8,18H,2,17H2,1H3;2H,1H3. The molecule has 0 aromatic heterocycles. The first-order chi connectivity index (χ1) is 10.6. The molecule has 0 saturated carbocycles. The predicted octanol–water partition coefficient (Wildman–Crippen LogP) is 5.64. The number of ether oxygens (including phenoxy) is 1. The fraction of sp³-hybridized carbons (Fsp3) is 0.200. The summed E-state index contributed by atoms with van der Waals surface area (Å²) in [5, 5.41) is 0.531. The lowest BCUT2D eigenvalue weighted by atomic mass is 10.3. The van der Waals surface area contributed by atoms with Crippen molar-refractivity contribution in [1.82, 2.24) is 4.72 Å². The van der Waals surface area contributed by atoms with Gasteiger partial charge in [0.1, 0.15) is 5.75 Å². The summed E-state index contributed by atoms with van der Waals surface area (Å²) in [7, 11) is 0. The fourth-order valence-electron chi connectivity index (χ4n) is 1.50. The topological polar surface area (TPSA) is 47.3 Å². The van der Waals surface area contributed by atoms with Gasteiger partial charge in [0.15, 0.2) is 5.75 Å². The maximum Gasteiger partial charge on any atom is 0.151 e. The van der Waals surface area contributed by atoms with Crippen LogP contribution in [0.15, 0.2) is 45.8 Å².